The van der Waals surface area contributed by atoms with E-state index < -0.39 is 31.3 Å². The fraction of sp³-hybridized carbons (Fsp3) is 0.222. The van der Waals surface area contributed by atoms with E-state index in [4.69, 9.17) is 4.74 Å². The van der Waals surface area contributed by atoms with Crippen molar-refractivity contribution in [2.45, 2.75) is 12.8 Å². The first-order valence-corrected chi connectivity index (χ1v) is 7.86. The molecule has 2 aromatic carbocycles. The van der Waals surface area contributed by atoms with E-state index in [1.807, 2.05) is 6.07 Å². The number of anilines is 1. The summed E-state index contributed by atoms with van der Waals surface area (Å²) in [5.41, 5.74) is 0.846. The molecule has 2 rings (SSSR count). The summed E-state index contributed by atoms with van der Waals surface area (Å²) in [4.78, 5) is 23.5. The summed E-state index contributed by atoms with van der Waals surface area (Å²) in [6, 6.07) is 14.6. The Labute approximate surface area is 153 Å². The van der Waals surface area contributed by atoms with Crippen LogP contribution in [-0.2, 0) is 16.1 Å². The molecule has 0 unspecified atom stereocenters. The Kier molecular flexibility index (Phi) is 7.04. The van der Waals surface area contributed by atoms with Gasteiger partial charge in [-0.05, 0) is 17.7 Å². The third kappa shape index (κ3) is 7.68. The van der Waals surface area contributed by atoms with Crippen LogP contribution in [0.5, 0.6) is 5.75 Å². The Morgan fingerprint density at radius 3 is 2.33 bits per heavy atom. The number of carbonyl (C=O) groups is 2. The first-order chi connectivity index (χ1) is 12.8. The molecule has 0 aromatic heterocycles. The number of para-hydroxylation sites is 2. The quantitative estimate of drug-likeness (QED) is 0.769. The fourth-order valence-electron chi connectivity index (χ4n) is 1.98. The number of benzene rings is 2. The number of carbonyl (C=O) groups excluding carboxylic acids is 2. The van der Waals surface area contributed by atoms with Crippen LogP contribution in [0.15, 0.2) is 54.6 Å². The molecular formula is C18H17F3N2O4. The maximum absolute atomic E-state index is 12.3. The predicted octanol–water partition coefficient (Wildman–Crippen LogP) is 3.49. The average Bonchev–Trinajstić information content (AvgIpc) is 2.64. The minimum Gasteiger partial charge on any atom is -0.482 e. The van der Waals surface area contributed by atoms with E-state index >= 15 is 0 Å². The Hall–Kier alpha value is -3.23. The molecule has 2 amide bonds. The van der Waals surface area contributed by atoms with Gasteiger partial charge in [-0.25, -0.2) is 4.79 Å². The second-order valence-corrected chi connectivity index (χ2v) is 5.36. The standard InChI is InChI=1S/C18H17F3N2O4/c19-18(20,21)12-27-15-9-5-4-8-14(15)23-16(24)10-22-17(25)26-11-13-6-2-1-3-7-13/h1-9H,10-12H2,(H,22,25)(H,23,24). The van der Waals surface area contributed by atoms with Crippen molar-refractivity contribution < 1.29 is 32.2 Å². The molecule has 2 N–H and O–H groups in total. The lowest BCUT2D eigenvalue weighted by molar-refractivity contribution is -0.153. The number of halogens is 3. The van der Waals surface area contributed by atoms with Crippen LogP contribution in [0.1, 0.15) is 5.56 Å². The first-order valence-electron chi connectivity index (χ1n) is 7.86. The van der Waals surface area contributed by atoms with Crippen LogP contribution in [0.2, 0.25) is 0 Å². The summed E-state index contributed by atoms with van der Waals surface area (Å²) in [6.45, 7) is -1.85. The molecule has 9 heteroatoms. The van der Waals surface area contributed by atoms with Crippen molar-refractivity contribution in [2.24, 2.45) is 0 Å². The molecule has 0 bridgehead atoms. The Morgan fingerprint density at radius 1 is 0.963 bits per heavy atom. The van der Waals surface area contributed by atoms with E-state index in [0.717, 1.165) is 5.56 Å². The van der Waals surface area contributed by atoms with Crippen molar-refractivity contribution in [2.75, 3.05) is 18.5 Å². The van der Waals surface area contributed by atoms with E-state index in [2.05, 4.69) is 15.4 Å². The molecule has 0 saturated heterocycles. The SMILES string of the molecule is O=C(CNC(=O)OCc1ccccc1)Nc1ccccc1OCC(F)(F)F. The normalized spacial score (nSPS) is 10.8. The zero-order valence-corrected chi connectivity index (χ0v) is 14.1. The highest BCUT2D eigenvalue weighted by Gasteiger charge is 2.28. The summed E-state index contributed by atoms with van der Waals surface area (Å²) in [5.74, 6) is -0.774. The van der Waals surface area contributed by atoms with Crippen LogP contribution in [0.4, 0.5) is 23.7 Å². The minimum atomic E-state index is -4.50. The molecule has 0 aliphatic carbocycles. The molecule has 0 radical (unpaired) electrons. The molecule has 0 saturated carbocycles. The van der Waals surface area contributed by atoms with Crippen molar-refractivity contribution in [1.29, 1.82) is 0 Å². The number of hydrogen-bond acceptors (Lipinski definition) is 4. The predicted molar refractivity (Wildman–Crippen MR) is 91.3 cm³/mol. The highest BCUT2D eigenvalue weighted by atomic mass is 19.4. The zero-order valence-electron chi connectivity index (χ0n) is 14.1. The molecule has 144 valence electrons. The van der Waals surface area contributed by atoms with Crippen molar-refractivity contribution in [3.05, 3.63) is 60.2 Å². The smallest absolute Gasteiger partial charge is 0.422 e. The summed E-state index contributed by atoms with van der Waals surface area (Å²) in [6.07, 6.45) is -5.29. The van der Waals surface area contributed by atoms with Crippen molar-refractivity contribution in [3.63, 3.8) is 0 Å². The van der Waals surface area contributed by atoms with Gasteiger partial charge in [0, 0.05) is 0 Å². The molecule has 0 heterocycles. The molecule has 0 fully saturated rings. The number of alkyl carbamates (subject to hydrolysis) is 1. The average molecular weight is 382 g/mol. The topological polar surface area (TPSA) is 76.7 Å². The first kappa shape index (κ1) is 20.1. The lowest BCUT2D eigenvalue weighted by Crippen LogP contribution is -2.33. The van der Waals surface area contributed by atoms with Gasteiger partial charge in [0.25, 0.3) is 0 Å². The van der Waals surface area contributed by atoms with E-state index in [-0.39, 0.29) is 18.0 Å². The number of alkyl halides is 3. The van der Waals surface area contributed by atoms with Gasteiger partial charge in [0.05, 0.1) is 5.69 Å². The lowest BCUT2D eigenvalue weighted by atomic mass is 10.2. The molecule has 27 heavy (non-hydrogen) atoms. The van der Waals surface area contributed by atoms with Gasteiger partial charge in [-0.2, -0.15) is 13.2 Å². The van der Waals surface area contributed by atoms with Gasteiger partial charge in [-0.15, -0.1) is 0 Å². The van der Waals surface area contributed by atoms with E-state index in [1.54, 1.807) is 24.3 Å². The van der Waals surface area contributed by atoms with Gasteiger partial charge in [0.15, 0.2) is 6.61 Å². The number of nitrogens with one attached hydrogen (secondary N) is 2. The summed E-state index contributed by atoms with van der Waals surface area (Å²) >= 11 is 0. The Bertz CT molecular complexity index is 767. The van der Waals surface area contributed by atoms with Crippen LogP contribution < -0.4 is 15.4 Å². The number of amides is 2. The number of ether oxygens (including phenoxy) is 2. The lowest BCUT2D eigenvalue weighted by Gasteiger charge is -2.14. The van der Waals surface area contributed by atoms with Gasteiger partial charge < -0.3 is 20.1 Å². The summed E-state index contributed by atoms with van der Waals surface area (Å²) < 4.78 is 46.4. The van der Waals surface area contributed by atoms with E-state index in [1.165, 1.54) is 24.3 Å². The third-order valence-electron chi connectivity index (χ3n) is 3.16. The summed E-state index contributed by atoms with van der Waals surface area (Å²) in [7, 11) is 0. The summed E-state index contributed by atoms with van der Waals surface area (Å²) in [5, 5.41) is 4.63. The molecule has 6 nitrogen and oxygen atoms in total. The largest absolute Gasteiger partial charge is 0.482 e. The maximum Gasteiger partial charge on any atom is 0.422 e. The monoisotopic (exact) mass is 382 g/mol. The van der Waals surface area contributed by atoms with Crippen molar-refractivity contribution in [3.8, 4) is 5.75 Å². The molecule has 0 atom stereocenters. The molecule has 0 aliphatic heterocycles. The second-order valence-electron chi connectivity index (χ2n) is 5.36. The van der Waals surface area contributed by atoms with E-state index in [9.17, 15) is 22.8 Å². The van der Waals surface area contributed by atoms with Crippen LogP contribution in [0.3, 0.4) is 0 Å². The highest BCUT2D eigenvalue weighted by molar-refractivity contribution is 5.95. The fourth-order valence-corrected chi connectivity index (χ4v) is 1.98. The van der Waals surface area contributed by atoms with Gasteiger partial charge in [-0.3, -0.25) is 4.79 Å². The van der Waals surface area contributed by atoms with Gasteiger partial charge >= 0.3 is 12.3 Å². The Morgan fingerprint density at radius 2 is 1.63 bits per heavy atom. The van der Waals surface area contributed by atoms with Gasteiger partial charge in [0.1, 0.15) is 18.9 Å². The van der Waals surface area contributed by atoms with Crippen LogP contribution >= 0.6 is 0 Å². The van der Waals surface area contributed by atoms with Crippen molar-refractivity contribution in [1.82, 2.24) is 5.32 Å². The maximum atomic E-state index is 12.3. The van der Waals surface area contributed by atoms with Crippen molar-refractivity contribution >= 4 is 17.7 Å². The van der Waals surface area contributed by atoms with Gasteiger partial charge in [0.2, 0.25) is 5.91 Å². The molecule has 0 aliphatic rings. The molecular weight excluding hydrogens is 365 g/mol. The Balaban J connectivity index is 1.79. The second kappa shape index (κ2) is 9.46. The van der Waals surface area contributed by atoms with Crippen LogP contribution in [0, 0.1) is 0 Å². The highest BCUT2D eigenvalue weighted by Crippen LogP contribution is 2.26. The minimum absolute atomic E-state index is 0.0441. The number of hydrogen-bond donors (Lipinski definition) is 2. The number of rotatable bonds is 7. The van der Waals surface area contributed by atoms with Crippen LogP contribution in [-0.4, -0.2) is 31.3 Å². The van der Waals surface area contributed by atoms with E-state index in [0.29, 0.717) is 0 Å². The third-order valence-corrected chi connectivity index (χ3v) is 3.16. The van der Waals surface area contributed by atoms with Crippen LogP contribution in [0.25, 0.3) is 0 Å². The molecule has 2 aromatic rings. The van der Waals surface area contributed by atoms with Gasteiger partial charge in [-0.1, -0.05) is 42.5 Å². The molecule has 0 spiro atoms. The zero-order chi connectivity index (χ0) is 19.7.